The fourth-order valence-corrected chi connectivity index (χ4v) is 5.98. The average molecular weight is 467 g/mol. The van der Waals surface area contributed by atoms with Gasteiger partial charge in [0.1, 0.15) is 11.7 Å². The third-order valence-corrected chi connectivity index (χ3v) is 7.42. The molecule has 0 radical (unpaired) electrons. The number of ether oxygens (including phenoxy) is 2. The highest BCUT2D eigenvalue weighted by atomic mass is 32.1. The fourth-order valence-electron chi connectivity index (χ4n) is 4.90. The third kappa shape index (κ3) is 3.17. The Balaban J connectivity index is 1.78. The van der Waals surface area contributed by atoms with E-state index in [-0.39, 0.29) is 12.2 Å². The van der Waals surface area contributed by atoms with Crippen LogP contribution in [0.2, 0.25) is 0 Å². The number of carbonyl (C=O) groups excluding carboxylic acids is 1. The number of hydrogen-bond acceptors (Lipinski definition) is 7. The molecule has 1 aromatic carbocycles. The number of thiazole rings is 1. The Morgan fingerprint density at radius 2 is 2.06 bits per heavy atom. The molecule has 0 N–H and O–H groups in total. The number of nitrogens with zero attached hydrogens (tertiary/aromatic N) is 4. The molecule has 3 atom stereocenters. The zero-order valence-electron chi connectivity index (χ0n) is 19.3. The first-order valence-corrected chi connectivity index (χ1v) is 11.9. The number of para-hydroxylation sites is 1. The van der Waals surface area contributed by atoms with Crippen LogP contribution < -0.4 is 19.6 Å². The van der Waals surface area contributed by atoms with E-state index in [1.54, 1.807) is 18.4 Å². The van der Waals surface area contributed by atoms with Crippen molar-refractivity contribution in [2.45, 2.75) is 52.9 Å². The molecular weight excluding hydrogens is 440 g/mol. The molecule has 0 aliphatic carbocycles. The van der Waals surface area contributed by atoms with Gasteiger partial charge in [0.05, 0.1) is 22.9 Å². The Hall–Kier alpha value is -3.20. The normalized spacial score (nSPS) is 23.4. The lowest BCUT2D eigenvalue weighted by molar-refractivity contribution is -0.160. The maximum atomic E-state index is 13.7. The standard InChI is InChI=1S/C24H26N4O4S/c1-6-27-14(4)16(13(3)26-27)12-18-21(29)28-20-15-10-8-9-11-17(15)32-24(5,25-23(28)33-18)19(20)22(30)31-7-2/h8-12,19-20H,6-7H2,1-5H3. The molecule has 0 amide bonds. The molecule has 4 heterocycles. The highest BCUT2D eigenvalue weighted by molar-refractivity contribution is 7.07. The molecule has 2 bridgehead atoms. The van der Waals surface area contributed by atoms with Crippen LogP contribution in [-0.2, 0) is 16.1 Å². The van der Waals surface area contributed by atoms with Gasteiger partial charge < -0.3 is 9.47 Å². The van der Waals surface area contributed by atoms with Crippen LogP contribution in [-0.4, -0.2) is 32.6 Å². The van der Waals surface area contributed by atoms with E-state index in [0.717, 1.165) is 29.1 Å². The Kier molecular flexibility index (Phi) is 5.04. The van der Waals surface area contributed by atoms with Gasteiger partial charge in [0, 0.05) is 23.4 Å². The molecule has 2 aliphatic heterocycles. The number of rotatable bonds is 4. The van der Waals surface area contributed by atoms with E-state index < -0.39 is 23.7 Å². The van der Waals surface area contributed by atoms with Gasteiger partial charge >= 0.3 is 5.97 Å². The number of hydrogen-bond donors (Lipinski definition) is 0. The van der Waals surface area contributed by atoms with E-state index >= 15 is 0 Å². The van der Waals surface area contributed by atoms with Crippen LogP contribution in [0.25, 0.3) is 6.08 Å². The van der Waals surface area contributed by atoms with Crippen LogP contribution in [0.5, 0.6) is 5.75 Å². The van der Waals surface area contributed by atoms with Crippen molar-refractivity contribution in [1.29, 1.82) is 0 Å². The molecule has 0 saturated carbocycles. The molecule has 2 aromatic heterocycles. The van der Waals surface area contributed by atoms with Gasteiger partial charge in [-0.15, -0.1) is 0 Å². The van der Waals surface area contributed by atoms with Crippen LogP contribution in [0.15, 0.2) is 34.1 Å². The summed E-state index contributed by atoms with van der Waals surface area (Å²) in [6, 6.07) is 6.94. The van der Waals surface area contributed by atoms with Crippen molar-refractivity contribution in [2.75, 3.05) is 6.61 Å². The molecule has 172 valence electrons. The van der Waals surface area contributed by atoms with Crippen LogP contribution in [0.1, 0.15) is 49.3 Å². The van der Waals surface area contributed by atoms with Crippen molar-refractivity contribution in [3.63, 3.8) is 0 Å². The van der Waals surface area contributed by atoms with E-state index in [1.807, 2.05) is 55.8 Å². The highest BCUT2D eigenvalue weighted by Gasteiger charge is 2.55. The molecule has 0 saturated heterocycles. The van der Waals surface area contributed by atoms with Crippen molar-refractivity contribution in [3.8, 4) is 5.75 Å². The first-order chi connectivity index (χ1) is 15.8. The van der Waals surface area contributed by atoms with E-state index in [0.29, 0.717) is 15.1 Å². The molecule has 0 fully saturated rings. The lowest BCUT2D eigenvalue weighted by Gasteiger charge is -2.44. The molecule has 0 spiro atoms. The Bertz CT molecular complexity index is 1450. The summed E-state index contributed by atoms with van der Waals surface area (Å²) in [6.45, 7) is 10.5. The minimum atomic E-state index is -1.17. The molecule has 8 nitrogen and oxygen atoms in total. The summed E-state index contributed by atoms with van der Waals surface area (Å²) in [4.78, 5) is 32.1. The largest absolute Gasteiger partial charge is 0.466 e. The van der Waals surface area contributed by atoms with Gasteiger partial charge in [-0.25, -0.2) is 4.99 Å². The summed E-state index contributed by atoms with van der Waals surface area (Å²) in [5, 5.41) is 4.56. The van der Waals surface area contributed by atoms with Crippen molar-refractivity contribution in [3.05, 3.63) is 66.5 Å². The van der Waals surface area contributed by atoms with Gasteiger partial charge in [0.15, 0.2) is 4.80 Å². The summed E-state index contributed by atoms with van der Waals surface area (Å²) in [5.74, 6) is -0.570. The topological polar surface area (TPSA) is 87.7 Å². The lowest BCUT2D eigenvalue weighted by atomic mass is 9.81. The number of benzene rings is 1. The third-order valence-electron chi connectivity index (χ3n) is 6.43. The molecule has 33 heavy (non-hydrogen) atoms. The van der Waals surface area contributed by atoms with Gasteiger partial charge in [-0.2, -0.15) is 5.10 Å². The molecule has 3 unspecified atom stereocenters. The Morgan fingerprint density at radius 1 is 1.30 bits per heavy atom. The van der Waals surface area contributed by atoms with Crippen LogP contribution in [0, 0.1) is 19.8 Å². The molecule has 9 heteroatoms. The average Bonchev–Trinajstić information content (AvgIpc) is 3.22. The number of fused-ring (bicyclic) bond motifs is 6. The van der Waals surface area contributed by atoms with Crippen LogP contribution >= 0.6 is 11.3 Å². The van der Waals surface area contributed by atoms with E-state index in [2.05, 4.69) is 5.10 Å². The molecule has 2 aliphatic rings. The predicted octanol–water partition coefficient (Wildman–Crippen LogP) is 2.08. The number of carbonyl (C=O) groups is 1. The molecule has 5 rings (SSSR count). The summed E-state index contributed by atoms with van der Waals surface area (Å²) >= 11 is 1.31. The van der Waals surface area contributed by atoms with E-state index in [9.17, 15) is 9.59 Å². The van der Waals surface area contributed by atoms with Gasteiger partial charge in [-0.3, -0.25) is 18.8 Å². The second-order valence-electron chi connectivity index (χ2n) is 8.45. The minimum Gasteiger partial charge on any atom is -0.466 e. The van der Waals surface area contributed by atoms with Gasteiger partial charge in [0.25, 0.3) is 5.56 Å². The lowest BCUT2D eigenvalue weighted by Crippen LogP contribution is -2.58. The number of esters is 1. The Labute approximate surface area is 194 Å². The van der Waals surface area contributed by atoms with Crippen molar-refractivity contribution < 1.29 is 14.3 Å². The van der Waals surface area contributed by atoms with E-state index in [4.69, 9.17) is 14.5 Å². The summed E-state index contributed by atoms with van der Waals surface area (Å²) in [7, 11) is 0. The van der Waals surface area contributed by atoms with Gasteiger partial charge in [-0.1, -0.05) is 29.5 Å². The summed E-state index contributed by atoms with van der Waals surface area (Å²) in [5.41, 5.74) is 2.23. The summed E-state index contributed by atoms with van der Waals surface area (Å²) in [6.07, 6.45) is 1.89. The monoisotopic (exact) mass is 466 g/mol. The maximum Gasteiger partial charge on any atom is 0.317 e. The second-order valence-corrected chi connectivity index (χ2v) is 9.46. The second kappa shape index (κ2) is 7.69. The van der Waals surface area contributed by atoms with Crippen LogP contribution in [0.3, 0.4) is 0 Å². The zero-order valence-corrected chi connectivity index (χ0v) is 20.1. The fraction of sp³-hybridized carbons (Fsp3) is 0.417. The predicted molar refractivity (Wildman–Crippen MR) is 124 cm³/mol. The van der Waals surface area contributed by atoms with E-state index in [1.165, 1.54) is 11.3 Å². The van der Waals surface area contributed by atoms with Crippen molar-refractivity contribution in [1.82, 2.24) is 14.3 Å². The smallest absolute Gasteiger partial charge is 0.317 e. The summed E-state index contributed by atoms with van der Waals surface area (Å²) < 4.78 is 15.7. The van der Waals surface area contributed by atoms with Crippen molar-refractivity contribution >= 4 is 23.4 Å². The first-order valence-electron chi connectivity index (χ1n) is 11.1. The van der Waals surface area contributed by atoms with Crippen molar-refractivity contribution in [2.24, 2.45) is 10.9 Å². The van der Waals surface area contributed by atoms with Gasteiger partial charge in [0.2, 0.25) is 5.72 Å². The SMILES string of the molecule is CCOC(=O)C1C2c3ccccc3OC1(C)N=c1sc(=Cc3c(C)nn(CC)c3C)c(=O)n12. The first kappa shape index (κ1) is 21.6. The highest BCUT2D eigenvalue weighted by Crippen LogP contribution is 2.47. The molecular formula is C24H26N4O4S. The zero-order chi connectivity index (χ0) is 23.5. The maximum absolute atomic E-state index is 13.7. The number of aryl methyl sites for hydroxylation is 2. The molecule has 3 aromatic rings. The Morgan fingerprint density at radius 3 is 2.76 bits per heavy atom. The van der Waals surface area contributed by atoms with Gasteiger partial charge in [-0.05, 0) is 46.8 Å². The number of aromatic nitrogens is 3. The quantitative estimate of drug-likeness (QED) is 0.550. The minimum absolute atomic E-state index is 0.181. The van der Waals surface area contributed by atoms with Crippen LogP contribution in [0.4, 0.5) is 0 Å².